The van der Waals surface area contributed by atoms with Crippen LogP contribution in [0.5, 0.6) is 0 Å². The minimum Gasteiger partial charge on any atom is -0.462 e. The van der Waals surface area contributed by atoms with Gasteiger partial charge in [-0.05, 0) is 31.6 Å². The lowest BCUT2D eigenvalue weighted by Crippen LogP contribution is -2.30. The predicted molar refractivity (Wildman–Crippen MR) is 349 cm³/mol. The van der Waals surface area contributed by atoms with Crippen molar-refractivity contribution >= 4 is 39.5 Å². The first kappa shape index (κ1) is 85.1. The zero-order valence-electron chi connectivity index (χ0n) is 56.2. The highest BCUT2D eigenvalue weighted by Gasteiger charge is 2.30. The number of ether oxygens (including phenoxy) is 4. The third-order valence-electron chi connectivity index (χ3n) is 15.8. The maximum Gasteiger partial charge on any atom is 0.472 e. The molecule has 516 valence electrons. The van der Waals surface area contributed by atoms with Crippen LogP contribution in [0.25, 0.3) is 0 Å². The summed E-state index contributed by atoms with van der Waals surface area (Å²) in [6, 6.07) is 0. The summed E-state index contributed by atoms with van der Waals surface area (Å²) in [7, 11) is -9.88. The summed E-state index contributed by atoms with van der Waals surface area (Å²) in [4.78, 5) is 72.0. The Hall–Kier alpha value is -1.94. The zero-order chi connectivity index (χ0) is 64.2. The van der Waals surface area contributed by atoms with Crippen molar-refractivity contribution in [3.05, 3.63) is 0 Å². The van der Waals surface area contributed by atoms with Crippen LogP contribution in [0, 0.1) is 5.92 Å². The monoisotopic (exact) mass is 1280 g/mol. The topological polar surface area (TPSA) is 237 Å². The highest BCUT2D eigenvalue weighted by atomic mass is 31.2. The normalized spacial score (nSPS) is 14.1. The molecule has 0 aromatic rings. The fraction of sp³-hybridized carbons (Fsp3) is 0.941. The number of hydrogen-bond acceptors (Lipinski definition) is 15. The molecule has 0 aromatic heterocycles. The molecule has 87 heavy (non-hydrogen) atoms. The first-order chi connectivity index (χ1) is 42.0. The Balaban J connectivity index is 5.10. The maximum atomic E-state index is 13.0. The smallest absolute Gasteiger partial charge is 0.462 e. The van der Waals surface area contributed by atoms with E-state index in [9.17, 15) is 43.2 Å². The number of carbonyl (C=O) groups is 4. The molecule has 17 nitrogen and oxygen atoms in total. The third kappa shape index (κ3) is 62.6. The summed E-state index contributed by atoms with van der Waals surface area (Å²) in [5.41, 5.74) is 0. The number of esters is 4. The van der Waals surface area contributed by atoms with Crippen molar-refractivity contribution < 1.29 is 80.2 Å². The molecule has 0 aliphatic carbocycles. The molecule has 0 aliphatic rings. The molecule has 5 atom stereocenters. The van der Waals surface area contributed by atoms with Gasteiger partial charge in [0.1, 0.15) is 19.3 Å². The van der Waals surface area contributed by atoms with E-state index in [1.165, 1.54) is 154 Å². The van der Waals surface area contributed by atoms with Crippen LogP contribution in [0.3, 0.4) is 0 Å². The van der Waals surface area contributed by atoms with E-state index in [1.54, 1.807) is 0 Å². The zero-order valence-corrected chi connectivity index (χ0v) is 57.9. The Morgan fingerprint density at radius 3 is 0.782 bits per heavy atom. The van der Waals surface area contributed by atoms with E-state index in [-0.39, 0.29) is 25.7 Å². The lowest BCUT2D eigenvalue weighted by Gasteiger charge is -2.21. The molecule has 0 rings (SSSR count). The average molecular weight is 1280 g/mol. The molecule has 0 spiro atoms. The lowest BCUT2D eigenvalue weighted by atomic mass is 10.0. The van der Waals surface area contributed by atoms with Crippen molar-refractivity contribution in [2.45, 2.75) is 368 Å². The van der Waals surface area contributed by atoms with Crippen LogP contribution >= 0.6 is 15.6 Å². The molecular formula is C68H132O17P2. The molecule has 0 heterocycles. The lowest BCUT2D eigenvalue weighted by molar-refractivity contribution is -0.161. The quantitative estimate of drug-likeness (QED) is 0.0222. The van der Waals surface area contributed by atoms with Gasteiger partial charge in [0.15, 0.2) is 12.2 Å². The van der Waals surface area contributed by atoms with Gasteiger partial charge in [-0.2, -0.15) is 0 Å². The molecular weight excluding hydrogens is 1150 g/mol. The predicted octanol–water partition coefficient (Wildman–Crippen LogP) is 19.4. The average Bonchev–Trinajstić information content (AvgIpc) is 3.61. The number of phosphoric ester groups is 2. The van der Waals surface area contributed by atoms with Gasteiger partial charge >= 0.3 is 39.5 Å². The van der Waals surface area contributed by atoms with Crippen LogP contribution in [0.1, 0.15) is 349 Å². The Morgan fingerprint density at radius 1 is 0.310 bits per heavy atom. The van der Waals surface area contributed by atoms with Crippen LogP contribution in [0.15, 0.2) is 0 Å². The van der Waals surface area contributed by atoms with Crippen molar-refractivity contribution in [1.29, 1.82) is 0 Å². The standard InChI is InChI=1S/C68H132O17P2/c1-6-9-12-15-17-18-19-20-21-22-23-24-25-28-32-35-39-44-49-54-68(73)85-64(58-79-66(71)52-47-42-38-34-31-29-26-27-30-33-37-41-45-50-61(4)5)60-83-87(76,77)81-56-62(69)55-80-86(74,75)82-59-63(57-78-65(70)51-46-40-14-11-8-3)84-67(72)53-48-43-36-16-13-10-7-2/h61-64,69H,6-60H2,1-5H3,(H,74,75)(H,76,77)/t62-,63+,64+/m0/s1. The molecule has 0 fully saturated rings. The summed E-state index contributed by atoms with van der Waals surface area (Å²) in [5, 5.41) is 10.5. The molecule has 0 radical (unpaired) electrons. The number of aliphatic hydroxyl groups excluding tert-OH is 1. The second-order valence-electron chi connectivity index (χ2n) is 25.0. The fourth-order valence-electron chi connectivity index (χ4n) is 10.3. The van der Waals surface area contributed by atoms with Crippen LogP contribution in [-0.2, 0) is 65.4 Å². The Bertz CT molecular complexity index is 1690. The van der Waals surface area contributed by atoms with Crippen molar-refractivity contribution in [3.63, 3.8) is 0 Å². The molecule has 2 unspecified atom stereocenters. The van der Waals surface area contributed by atoms with E-state index >= 15 is 0 Å². The summed E-state index contributed by atoms with van der Waals surface area (Å²) < 4.78 is 67.8. The van der Waals surface area contributed by atoms with Gasteiger partial charge in [0.05, 0.1) is 26.4 Å². The molecule has 0 amide bonds. The van der Waals surface area contributed by atoms with Gasteiger partial charge in [-0.1, -0.05) is 298 Å². The number of phosphoric acid groups is 2. The Kier molecular flexibility index (Phi) is 60.2. The van der Waals surface area contributed by atoms with Crippen LogP contribution in [0.4, 0.5) is 0 Å². The Labute approximate surface area is 530 Å². The minimum atomic E-state index is -4.95. The number of rotatable bonds is 68. The number of hydrogen-bond donors (Lipinski definition) is 3. The highest BCUT2D eigenvalue weighted by molar-refractivity contribution is 7.47. The Morgan fingerprint density at radius 2 is 0.529 bits per heavy atom. The van der Waals surface area contributed by atoms with Gasteiger partial charge in [-0.3, -0.25) is 37.3 Å². The van der Waals surface area contributed by atoms with Crippen molar-refractivity contribution in [3.8, 4) is 0 Å². The van der Waals surface area contributed by atoms with E-state index in [0.29, 0.717) is 25.7 Å². The van der Waals surface area contributed by atoms with E-state index in [2.05, 4.69) is 34.6 Å². The fourth-order valence-corrected chi connectivity index (χ4v) is 11.9. The number of aliphatic hydroxyl groups is 1. The molecule has 0 aliphatic heterocycles. The highest BCUT2D eigenvalue weighted by Crippen LogP contribution is 2.45. The van der Waals surface area contributed by atoms with Gasteiger partial charge in [0.25, 0.3) is 0 Å². The van der Waals surface area contributed by atoms with Crippen LogP contribution in [0.2, 0.25) is 0 Å². The van der Waals surface area contributed by atoms with Gasteiger partial charge in [-0.25, -0.2) is 9.13 Å². The van der Waals surface area contributed by atoms with Gasteiger partial charge in [-0.15, -0.1) is 0 Å². The molecule has 0 saturated heterocycles. The molecule has 0 aromatic carbocycles. The van der Waals surface area contributed by atoms with Crippen LogP contribution in [-0.4, -0.2) is 96.7 Å². The molecule has 0 bridgehead atoms. The van der Waals surface area contributed by atoms with Crippen molar-refractivity contribution in [1.82, 2.24) is 0 Å². The van der Waals surface area contributed by atoms with Gasteiger partial charge in [0, 0.05) is 25.7 Å². The summed E-state index contributed by atoms with van der Waals surface area (Å²) in [6.07, 6.45) is 47.9. The van der Waals surface area contributed by atoms with E-state index < -0.39 is 97.5 Å². The van der Waals surface area contributed by atoms with Gasteiger partial charge in [0.2, 0.25) is 0 Å². The van der Waals surface area contributed by atoms with E-state index in [1.807, 2.05) is 0 Å². The number of carbonyl (C=O) groups excluding carboxylic acids is 4. The summed E-state index contributed by atoms with van der Waals surface area (Å²) >= 11 is 0. The van der Waals surface area contributed by atoms with Crippen molar-refractivity contribution in [2.75, 3.05) is 39.6 Å². The molecule has 19 heteroatoms. The molecule has 0 saturated carbocycles. The van der Waals surface area contributed by atoms with Crippen LogP contribution < -0.4 is 0 Å². The minimum absolute atomic E-state index is 0.103. The number of unbranched alkanes of at least 4 members (excludes halogenated alkanes) is 40. The second kappa shape index (κ2) is 61.6. The summed E-state index contributed by atoms with van der Waals surface area (Å²) in [5.74, 6) is -1.35. The first-order valence-corrected chi connectivity index (χ1v) is 38.6. The van der Waals surface area contributed by atoms with E-state index in [0.717, 1.165) is 115 Å². The SMILES string of the molecule is CCCCCCCCCCCCCCCCCCCCCC(=O)O[C@H](COC(=O)CCCCCCCCCCCCCCCC(C)C)COP(=O)(O)OC[C@@H](O)COP(=O)(O)OC[C@@H](COC(=O)CCCCCCC)OC(=O)CCCCCCCCC. The van der Waals surface area contributed by atoms with Crippen molar-refractivity contribution in [2.24, 2.45) is 5.92 Å². The summed E-state index contributed by atoms with van der Waals surface area (Å²) in [6.45, 7) is 7.11. The molecule has 3 N–H and O–H groups in total. The van der Waals surface area contributed by atoms with E-state index in [4.69, 9.17) is 37.0 Å². The van der Waals surface area contributed by atoms with Gasteiger partial charge < -0.3 is 33.8 Å². The second-order valence-corrected chi connectivity index (χ2v) is 27.9. The maximum absolute atomic E-state index is 13.0. The largest absolute Gasteiger partial charge is 0.472 e. The third-order valence-corrected chi connectivity index (χ3v) is 17.7. The first-order valence-electron chi connectivity index (χ1n) is 35.6.